The first-order valence-electron chi connectivity index (χ1n) is 10.8. The van der Waals surface area contributed by atoms with Gasteiger partial charge in [0.25, 0.3) is 11.8 Å². The van der Waals surface area contributed by atoms with Gasteiger partial charge in [-0.05, 0) is 19.1 Å². The van der Waals surface area contributed by atoms with Gasteiger partial charge in [-0.15, -0.1) is 0 Å². The third-order valence-electron chi connectivity index (χ3n) is 6.01. The van der Waals surface area contributed by atoms with Crippen molar-refractivity contribution in [2.45, 2.75) is 13.0 Å². The predicted octanol–water partition coefficient (Wildman–Crippen LogP) is 1.95. The summed E-state index contributed by atoms with van der Waals surface area (Å²) < 4.78 is 11.4. The molecule has 0 unspecified atom stereocenters. The summed E-state index contributed by atoms with van der Waals surface area (Å²) in [4.78, 5) is 34.7. The second-order valence-electron chi connectivity index (χ2n) is 8.04. The maximum atomic E-state index is 13.3. The van der Waals surface area contributed by atoms with Crippen LogP contribution in [-0.4, -0.2) is 82.8 Å². The molecule has 1 atom stereocenters. The summed E-state index contributed by atoms with van der Waals surface area (Å²) in [5.41, 5.74) is 3.28. The number of nitrogens with zero attached hydrogens (tertiary/aromatic N) is 4. The summed E-state index contributed by atoms with van der Waals surface area (Å²) in [5, 5.41) is 7.58. The molecule has 0 saturated carbocycles. The Labute approximate surface area is 185 Å². The summed E-state index contributed by atoms with van der Waals surface area (Å²) in [6, 6.07) is 9.45. The van der Waals surface area contributed by atoms with E-state index in [1.165, 1.54) is 0 Å². The van der Waals surface area contributed by atoms with Crippen molar-refractivity contribution in [3.8, 4) is 0 Å². The zero-order valence-corrected chi connectivity index (χ0v) is 17.9. The van der Waals surface area contributed by atoms with E-state index in [1.807, 2.05) is 42.2 Å². The van der Waals surface area contributed by atoms with Gasteiger partial charge in [-0.1, -0.05) is 18.2 Å². The third-order valence-corrected chi connectivity index (χ3v) is 6.01. The van der Waals surface area contributed by atoms with E-state index in [0.717, 1.165) is 16.6 Å². The van der Waals surface area contributed by atoms with Gasteiger partial charge in [0.05, 0.1) is 54.9 Å². The number of carbonyl (C=O) groups is 2. The van der Waals surface area contributed by atoms with Crippen LogP contribution in [-0.2, 0) is 9.47 Å². The molecule has 1 N–H and O–H groups in total. The lowest BCUT2D eigenvalue weighted by molar-refractivity contribution is -0.0246. The van der Waals surface area contributed by atoms with Gasteiger partial charge in [0.1, 0.15) is 6.10 Å². The van der Waals surface area contributed by atoms with Crippen molar-refractivity contribution < 1.29 is 19.1 Å². The molecule has 2 saturated heterocycles. The monoisotopic (exact) mass is 435 g/mol. The molecule has 4 heterocycles. The molecule has 2 aliphatic heterocycles. The van der Waals surface area contributed by atoms with E-state index in [1.54, 1.807) is 11.1 Å². The smallest absolute Gasteiger partial charge is 0.257 e. The first kappa shape index (κ1) is 20.6. The predicted molar refractivity (Wildman–Crippen MR) is 116 cm³/mol. The lowest BCUT2D eigenvalue weighted by Gasteiger charge is -2.33. The number of benzene rings is 1. The number of aromatic amines is 1. The summed E-state index contributed by atoms with van der Waals surface area (Å²) in [6.07, 6.45) is 1.14. The highest BCUT2D eigenvalue weighted by atomic mass is 16.5. The van der Waals surface area contributed by atoms with Crippen LogP contribution in [0.2, 0.25) is 0 Å². The number of amides is 2. The van der Waals surface area contributed by atoms with Gasteiger partial charge in [0.2, 0.25) is 0 Å². The van der Waals surface area contributed by atoms with Gasteiger partial charge in [-0.3, -0.25) is 14.7 Å². The van der Waals surface area contributed by atoms with E-state index in [-0.39, 0.29) is 11.8 Å². The zero-order chi connectivity index (χ0) is 22.1. The number of fused-ring (bicyclic) bond motifs is 1. The average molecular weight is 435 g/mol. The van der Waals surface area contributed by atoms with E-state index in [0.29, 0.717) is 62.8 Å². The fraction of sp³-hybridized carbons (Fsp3) is 0.391. The molecule has 0 radical (unpaired) electrons. The molecule has 5 rings (SSSR count). The van der Waals surface area contributed by atoms with Crippen LogP contribution >= 0.6 is 0 Å². The van der Waals surface area contributed by atoms with Gasteiger partial charge in [0, 0.05) is 30.7 Å². The summed E-state index contributed by atoms with van der Waals surface area (Å²) in [6.45, 7) is 5.29. The Morgan fingerprint density at radius 1 is 1.03 bits per heavy atom. The minimum absolute atomic E-state index is 0.0362. The first-order chi connectivity index (χ1) is 15.6. The highest BCUT2D eigenvalue weighted by molar-refractivity contribution is 6.06. The van der Waals surface area contributed by atoms with Crippen molar-refractivity contribution in [3.05, 3.63) is 59.0 Å². The Bertz CT molecular complexity index is 1150. The molecule has 1 aromatic carbocycles. The molecule has 2 aromatic heterocycles. The van der Waals surface area contributed by atoms with E-state index in [2.05, 4.69) is 10.2 Å². The third kappa shape index (κ3) is 3.85. The number of aryl methyl sites for hydroxylation is 1. The molecule has 3 aromatic rings. The van der Waals surface area contributed by atoms with E-state index in [4.69, 9.17) is 14.5 Å². The standard InChI is InChI=1S/C23H25N5O4/c1-15-18(13-24-26-15)23(30)28-8-11-32-21(14-28)20-12-17(16-4-2-3-5-19(16)25-20)22(29)27-6-9-31-10-7-27/h2-5,12-13,21H,6-11,14H2,1H3,(H,24,26)/t21-/m1/s1. The van der Waals surface area contributed by atoms with E-state index < -0.39 is 6.10 Å². The lowest BCUT2D eigenvalue weighted by Crippen LogP contribution is -2.43. The number of rotatable bonds is 3. The Hall–Kier alpha value is -3.30. The van der Waals surface area contributed by atoms with Gasteiger partial charge < -0.3 is 19.3 Å². The van der Waals surface area contributed by atoms with Crippen LogP contribution in [0.4, 0.5) is 0 Å². The lowest BCUT2D eigenvalue weighted by atomic mass is 10.0. The molecule has 0 bridgehead atoms. The van der Waals surface area contributed by atoms with Crippen molar-refractivity contribution in [2.75, 3.05) is 46.0 Å². The summed E-state index contributed by atoms with van der Waals surface area (Å²) in [5.74, 6) is -0.124. The van der Waals surface area contributed by atoms with Crippen molar-refractivity contribution >= 4 is 22.7 Å². The van der Waals surface area contributed by atoms with Crippen LogP contribution in [0.1, 0.15) is 38.2 Å². The Morgan fingerprint density at radius 2 is 1.78 bits per heavy atom. The number of hydrogen-bond acceptors (Lipinski definition) is 6. The number of aromatic nitrogens is 3. The fourth-order valence-electron chi connectivity index (χ4n) is 4.22. The number of hydrogen-bond donors (Lipinski definition) is 1. The average Bonchev–Trinajstić information content (AvgIpc) is 3.28. The van der Waals surface area contributed by atoms with Crippen LogP contribution < -0.4 is 0 Å². The summed E-state index contributed by atoms with van der Waals surface area (Å²) in [7, 11) is 0. The highest BCUT2D eigenvalue weighted by Crippen LogP contribution is 2.28. The van der Waals surface area contributed by atoms with Crippen molar-refractivity contribution in [3.63, 3.8) is 0 Å². The molecular formula is C23H25N5O4. The molecule has 2 amide bonds. The minimum Gasteiger partial charge on any atom is -0.378 e. The zero-order valence-electron chi connectivity index (χ0n) is 17.9. The number of ether oxygens (including phenoxy) is 2. The Morgan fingerprint density at radius 3 is 2.56 bits per heavy atom. The number of para-hydroxylation sites is 1. The molecule has 2 aliphatic rings. The van der Waals surface area contributed by atoms with Crippen LogP contribution in [0.5, 0.6) is 0 Å². The van der Waals surface area contributed by atoms with Crippen molar-refractivity contribution in [1.82, 2.24) is 25.0 Å². The van der Waals surface area contributed by atoms with Gasteiger partial charge in [0.15, 0.2) is 0 Å². The van der Waals surface area contributed by atoms with Crippen molar-refractivity contribution in [2.24, 2.45) is 0 Å². The Kier molecular flexibility index (Phi) is 5.59. The second kappa shape index (κ2) is 8.68. The quantitative estimate of drug-likeness (QED) is 0.675. The molecule has 9 nitrogen and oxygen atoms in total. The molecule has 2 fully saturated rings. The fourth-order valence-corrected chi connectivity index (χ4v) is 4.22. The Balaban J connectivity index is 1.46. The van der Waals surface area contributed by atoms with Crippen LogP contribution in [0.3, 0.4) is 0 Å². The van der Waals surface area contributed by atoms with Crippen LogP contribution in [0.15, 0.2) is 36.5 Å². The first-order valence-corrected chi connectivity index (χ1v) is 10.8. The topological polar surface area (TPSA) is 101 Å². The summed E-state index contributed by atoms with van der Waals surface area (Å²) >= 11 is 0. The molecule has 0 spiro atoms. The highest BCUT2D eigenvalue weighted by Gasteiger charge is 2.30. The van der Waals surface area contributed by atoms with Crippen LogP contribution in [0.25, 0.3) is 10.9 Å². The van der Waals surface area contributed by atoms with Gasteiger partial charge in [-0.25, -0.2) is 4.98 Å². The molecule has 32 heavy (non-hydrogen) atoms. The maximum Gasteiger partial charge on any atom is 0.257 e. The van der Waals surface area contributed by atoms with Crippen molar-refractivity contribution in [1.29, 1.82) is 0 Å². The maximum absolute atomic E-state index is 13.3. The minimum atomic E-state index is -0.416. The number of pyridine rings is 1. The molecule has 9 heteroatoms. The van der Waals surface area contributed by atoms with E-state index >= 15 is 0 Å². The van der Waals surface area contributed by atoms with Gasteiger partial charge in [-0.2, -0.15) is 5.10 Å². The molecule has 166 valence electrons. The number of H-pyrrole nitrogens is 1. The number of carbonyl (C=O) groups excluding carboxylic acids is 2. The SMILES string of the molecule is Cc1[nH]ncc1C(=O)N1CCO[C@@H](c2cc(C(=O)N3CCOCC3)c3ccccc3n2)C1. The van der Waals surface area contributed by atoms with E-state index in [9.17, 15) is 9.59 Å². The van der Waals surface area contributed by atoms with Gasteiger partial charge >= 0.3 is 0 Å². The second-order valence-corrected chi connectivity index (χ2v) is 8.04. The normalized spacial score (nSPS) is 19.3. The number of nitrogens with one attached hydrogen (secondary N) is 1. The van der Waals surface area contributed by atoms with Crippen LogP contribution in [0, 0.1) is 6.92 Å². The molecular weight excluding hydrogens is 410 g/mol. The largest absolute Gasteiger partial charge is 0.378 e. The molecule has 0 aliphatic carbocycles. The number of morpholine rings is 2.